The second-order valence-corrected chi connectivity index (χ2v) is 8.80. The number of carbonyl (C=O) groups is 1. The van der Waals surface area contributed by atoms with E-state index < -0.39 is 0 Å². The van der Waals surface area contributed by atoms with E-state index in [1.807, 2.05) is 24.3 Å². The minimum absolute atomic E-state index is 0.110. The predicted molar refractivity (Wildman–Crippen MR) is 127 cm³/mol. The Morgan fingerprint density at radius 2 is 1.70 bits per heavy atom. The number of hydroxylamine groups is 2. The van der Waals surface area contributed by atoms with Crippen molar-refractivity contribution in [2.45, 2.75) is 38.5 Å². The molecule has 1 saturated heterocycles. The number of amides is 2. The molecule has 2 aromatic carbocycles. The monoisotopic (exact) mass is 449 g/mol. The van der Waals surface area contributed by atoms with E-state index in [4.69, 9.17) is 14.1 Å². The van der Waals surface area contributed by atoms with Gasteiger partial charge in [-0.1, -0.05) is 38.1 Å². The van der Waals surface area contributed by atoms with Gasteiger partial charge in [-0.2, -0.15) is 0 Å². The number of urea groups is 1. The Kier molecular flexibility index (Phi) is 6.70. The lowest BCUT2D eigenvalue weighted by molar-refractivity contribution is -0.0358. The number of nitrogens with zero attached hydrogens (tertiary/aromatic N) is 3. The summed E-state index contributed by atoms with van der Waals surface area (Å²) < 4.78 is 11.7. The Morgan fingerprint density at radius 1 is 1.09 bits per heavy atom. The summed E-state index contributed by atoms with van der Waals surface area (Å²) in [5.74, 6) is 2.77. The minimum Gasteiger partial charge on any atom is -0.497 e. The van der Waals surface area contributed by atoms with E-state index in [2.05, 4.69) is 38.1 Å². The van der Waals surface area contributed by atoms with Crippen LogP contribution in [0.5, 0.6) is 5.75 Å². The molecule has 33 heavy (non-hydrogen) atoms. The molecular formula is C26H31N3O4. The summed E-state index contributed by atoms with van der Waals surface area (Å²) in [6.45, 7) is 5.45. The van der Waals surface area contributed by atoms with Crippen LogP contribution in [0.15, 0.2) is 52.9 Å². The molecule has 174 valence electrons. The first-order chi connectivity index (χ1) is 15.9. The van der Waals surface area contributed by atoms with Gasteiger partial charge in [-0.05, 0) is 48.6 Å². The number of oxazole rings is 1. The molecule has 0 spiro atoms. The third kappa shape index (κ3) is 4.88. The van der Waals surface area contributed by atoms with Gasteiger partial charge in [0.05, 0.1) is 7.11 Å². The molecule has 0 saturated carbocycles. The fourth-order valence-electron chi connectivity index (χ4n) is 4.19. The van der Waals surface area contributed by atoms with Crippen molar-refractivity contribution in [3.8, 4) is 28.3 Å². The van der Waals surface area contributed by atoms with Gasteiger partial charge in [0.2, 0.25) is 0 Å². The van der Waals surface area contributed by atoms with Crippen LogP contribution in [-0.4, -0.2) is 53.4 Å². The second-order valence-electron chi connectivity index (χ2n) is 8.80. The predicted octanol–water partition coefficient (Wildman–Crippen LogP) is 5.76. The van der Waals surface area contributed by atoms with Crippen LogP contribution in [0.3, 0.4) is 0 Å². The van der Waals surface area contributed by atoms with Crippen molar-refractivity contribution in [2.75, 3.05) is 27.2 Å². The Bertz CT molecular complexity index is 1080. The molecule has 0 bridgehead atoms. The van der Waals surface area contributed by atoms with E-state index in [0.29, 0.717) is 30.0 Å². The summed E-state index contributed by atoms with van der Waals surface area (Å²) in [4.78, 5) is 18.6. The number of hydrogen-bond donors (Lipinski definition) is 1. The summed E-state index contributed by atoms with van der Waals surface area (Å²) in [6.07, 6.45) is 1.46. The quantitative estimate of drug-likeness (QED) is 0.396. The van der Waals surface area contributed by atoms with Crippen LogP contribution < -0.4 is 4.74 Å². The van der Waals surface area contributed by atoms with Crippen molar-refractivity contribution in [2.24, 2.45) is 0 Å². The zero-order valence-corrected chi connectivity index (χ0v) is 19.6. The third-order valence-corrected chi connectivity index (χ3v) is 6.24. The highest BCUT2D eigenvalue weighted by molar-refractivity contribution is 5.77. The molecule has 2 heterocycles. The van der Waals surface area contributed by atoms with Gasteiger partial charge < -0.3 is 14.1 Å². The first-order valence-electron chi connectivity index (χ1n) is 11.3. The van der Waals surface area contributed by atoms with Crippen LogP contribution in [0.1, 0.15) is 50.0 Å². The van der Waals surface area contributed by atoms with E-state index in [1.165, 1.54) is 12.6 Å². The smallest absolute Gasteiger partial charge is 0.343 e. The molecule has 2 amide bonds. The fraction of sp³-hybridized carbons (Fsp3) is 0.385. The van der Waals surface area contributed by atoms with Gasteiger partial charge in [0.1, 0.15) is 11.4 Å². The molecule has 1 aromatic heterocycles. The van der Waals surface area contributed by atoms with Gasteiger partial charge in [0.15, 0.2) is 11.7 Å². The first-order valence-corrected chi connectivity index (χ1v) is 11.3. The average molecular weight is 450 g/mol. The molecule has 0 atom stereocenters. The highest BCUT2D eigenvalue weighted by Gasteiger charge is 2.29. The summed E-state index contributed by atoms with van der Waals surface area (Å²) in [5, 5.41) is 10.1. The summed E-state index contributed by atoms with van der Waals surface area (Å²) in [5.41, 5.74) is 4.04. The molecule has 1 fully saturated rings. The van der Waals surface area contributed by atoms with Crippen LogP contribution in [0, 0.1) is 0 Å². The van der Waals surface area contributed by atoms with E-state index in [9.17, 15) is 10.0 Å². The van der Waals surface area contributed by atoms with Crippen molar-refractivity contribution in [3.05, 3.63) is 60.0 Å². The molecule has 0 aliphatic carbocycles. The van der Waals surface area contributed by atoms with Crippen molar-refractivity contribution >= 4 is 6.03 Å². The molecule has 1 N–H and O–H groups in total. The fourth-order valence-corrected chi connectivity index (χ4v) is 4.19. The Hall–Kier alpha value is -3.32. The molecule has 1 aliphatic rings. The van der Waals surface area contributed by atoms with Gasteiger partial charge in [-0.15, -0.1) is 0 Å². The lowest BCUT2D eigenvalue weighted by Crippen LogP contribution is -2.43. The molecule has 0 unspecified atom stereocenters. The van der Waals surface area contributed by atoms with E-state index in [0.717, 1.165) is 41.2 Å². The van der Waals surface area contributed by atoms with Gasteiger partial charge >= 0.3 is 6.03 Å². The standard InChI is InChI=1S/C26H31N3O4/c1-17(2)18-5-7-19(8-6-18)23-24(20-9-11-22(32-4)12-10-20)33-25(27-23)21-13-15-29(16-14-21)26(30)28(3)31/h5-12,17,21,31H,13-16H2,1-4H3. The van der Waals surface area contributed by atoms with Crippen molar-refractivity contribution in [1.29, 1.82) is 0 Å². The van der Waals surface area contributed by atoms with Crippen LogP contribution in [0.25, 0.3) is 22.6 Å². The van der Waals surface area contributed by atoms with Gasteiger partial charge in [-0.25, -0.2) is 14.8 Å². The highest BCUT2D eigenvalue weighted by Crippen LogP contribution is 2.38. The molecule has 1 aliphatic heterocycles. The number of hydrogen-bond acceptors (Lipinski definition) is 5. The number of piperidine rings is 1. The summed E-state index contributed by atoms with van der Waals surface area (Å²) in [6, 6.07) is 15.9. The van der Waals surface area contributed by atoms with E-state index in [-0.39, 0.29) is 11.9 Å². The molecule has 4 rings (SSSR count). The zero-order valence-electron chi connectivity index (χ0n) is 19.6. The van der Waals surface area contributed by atoms with E-state index in [1.54, 1.807) is 12.0 Å². The SMILES string of the molecule is COc1ccc(-c2oc(C3CCN(C(=O)N(C)O)CC3)nc2-c2ccc(C(C)C)cc2)cc1. The van der Waals surface area contributed by atoms with Crippen LogP contribution in [-0.2, 0) is 0 Å². The van der Waals surface area contributed by atoms with Gasteiger partial charge in [-0.3, -0.25) is 5.21 Å². The zero-order chi connectivity index (χ0) is 23.5. The number of benzene rings is 2. The van der Waals surface area contributed by atoms with Crippen LogP contribution in [0.4, 0.5) is 4.79 Å². The Balaban J connectivity index is 1.66. The highest BCUT2D eigenvalue weighted by atomic mass is 16.5. The maximum Gasteiger partial charge on any atom is 0.343 e. The van der Waals surface area contributed by atoms with Crippen LogP contribution in [0.2, 0.25) is 0 Å². The molecule has 0 radical (unpaired) electrons. The number of ether oxygens (including phenoxy) is 1. The van der Waals surface area contributed by atoms with Crippen molar-refractivity contribution in [3.63, 3.8) is 0 Å². The molecule has 7 nitrogen and oxygen atoms in total. The number of aromatic nitrogens is 1. The first kappa shape index (κ1) is 22.9. The Labute approximate surface area is 194 Å². The molecule has 3 aromatic rings. The maximum atomic E-state index is 12.0. The number of methoxy groups -OCH3 is 1. The number of likely N-dealkylation sites (tertiary alicyclic amines) is 1. The summed E-state index contributed by atoms with van der Waals surface area (Å²) >= 11 is 0. The number of rotatable bonds is 5. The van der Waals surface area contributed by atoms with E-state index >= 15 is 0 Å². The van der Waals surface area contributed by atoms with Crippen LogP contribution >= 0.6 is 0 Å². The second kappa shape index (κ2) is 9.67. The number of carbonyl (C=O) groups excluding carboxylic acids is 1. The average Bonchev–Trinajstić information content (AvgIpc) is 3.29. The van der Waals surface area contributed by atoms with Crippen molar-refractivity contribution < 1.29 is 19.2 Å². The summed E-state index contributed by atoms with van der Waals surface area (Å²) in [7, 11) is 3.00. The lowest BCUT2D eigenvalue weighted by Gasteiger charge is -2.31. The molecule has 7 heteroatoms. The van der Waals surface area contributed by atoms with Gasteiger partial charge in [0, 0.05) is 37.2 Å². The molecular weight excluding hydrogens is 418 g/mol. The topological polar surface area (TPSA) is 79.0 Å². The minimum atomic E-state index is -0.384. The van der Waals surface area contributed by atoms with Gasteiger partial charge in [0.25, 0.3) is 0 Å². The van der Waals surface area contributed by atoms with Crippen molar-refractivity contribution in [1.82, 2.24) is 14.9 Å². The Morgan fingerprint density at radius 3 is 2.24 bits per heavy atom. The lowest BCUT2D eigenvalue weighted by atomic mass is 9.97. The largest absolute Gasteiger partial charge is 0.497 e. The maximum absolute atomic E-state index is 12.0. The third-order valence-electron chi connectivity index (χ3n) is 6.24. The normalized spacial score (nSPS) is 14.5.